The molecule has 0 aliphatic carbocycles. The predicted octanol–water partition coefficient (Wildman–Crippen LogP) is 1.49. The van der Waals surface area contributed by atoms with Crippen molar-refractivity contribution in [2.75, 3.05) is 20.2 Å². The lowest BCUT2D eigenvalue weighted by Crippen LogP contribution is -2.37. The van der Waals surface area contributed by atoms with Gasteiger partial charge in [-0.1, -0.05) is 12.1 Å². The van der Waals surface area contributed by atoms with Crippen LogP contribution in [-0.4, -0.2) is 36.9 Å². The second-order valence-corrected chi connectivity index (χ2v) is 4.74. The number of carbonyl (C=O) groups excluding carboxylic acids is 2. The molecule has 20 heavy (non-hydrogen) atoms. The van der Waals surface area contributed by atoms with Gasteiger partial charge in [0.25, 0.3) is 0 Å². The minimum Gasteiger partial charge on any atom is -0.494 e. The molecule has 5 heteroatoms. The van der Waals surface area contributed by atoms with Gasteiger partial charge in [0, 0.05) is 19.4 Å². The molecule has 1 aliphatic rings. The van der Waals surface area contributed by atoms with E-state index in [1.807, 2.05) is 38.2 Å². The molecule has 1 N–H and O–H groups in total. The van der Waals surface area contributed by atoms with Crippen molar-refractivity contribution in [1.29, 1.82) is 0 Å². The fourth-order valence-electron chi connectivity index (χ4n) is 2.34. The molecule has 2 amide bonds. The average Bonchev–Trinajstić information content (AvgIpc) is 2.77. The number of ether oxygens (including phenoxy) is 1. The van der Waals surface area contributed by atoms with Gasteiger partial charge in [-0.3, -0.25) is 14.5 Å². The highest BCUT2D eigenvalue weighted by Gasteiger charge is 2.30. The smallest absolute Gasteiger partial charge is 0.229 e. The third-order valence-electron chi connectivity index (χ3n) is 3.46. The molecule has 108 valence electrons. The molecular weight excluding hydrogens is 256 g/mol. The summed E-state index contributed by atoms with van der Waals surface area (Å²) in [6, 6.07) is 7.65. The summed E-state index contributed by atoms with van der Waals surface area (Å²) in [6.07, 6.45) is 0.664. The first-order chi connectivity index (χ1) is 9.65. The number of nitrogens with zero attached hydrogens (tertiary/aromatic N) is 1. The number of nitrogens with one attached hydrogen (secondary N) is 1. The molecular formula is C15H20N2O3. The Morgan fingerprint density at radius 1 is 1.20 bits per heavy atom. The van der Waals surface area contributed by atoms with E-state index in [1.165, 1.54) is 4.90 Å². The van der Waals surface area contributed by atoms with Gasteiger partial charge in [0.05, 0.1) is 12.6 Å². The van der Waals surface area contributed by atoms with Gasteiger partial charge in [-0.05, 0) is 31.7 Å². The highest BCUT2D eigenvalue weighted by atomic mass is 16.5. The lowest BCUT2D eigenvalue weighted by Gasteiger charge is -2.22. The highest BCUT2D eigenvalue weighted by molar-refractivity contribution is 6.01. The van der Waals surface area contributed by atoms with E-state index < -0.39 is 0 Å². The number of amides is 2. The van der Waals surface area contributed by atoms with Crippen molar-refractivity contribution in [2.45, 2.75) is 25.8 Å². The zero-order valence-electron chi connectivity index (χ0n) is 11.9. The molecule has 0 bridgehead atoms. The quantitative estimate of drug-likeness (QED) is 0.800. The third kappa shape index (κ3) is 3.17. The van der Waals surface area contributed by atoms with Crippen LogP contribution < -0.4 is 10.1 Å². The van der Waals surface area contributed by atoms with Crippen molar-refractivity contribution >= 4 is 11.8 Å². The predicted molar refractivity (Wildman–Crippen MR) is 75.4 cm³/mol. The normalized spacial score (nSPS) is 16.6. The lowest BCUT2D eigenvalue weighted by molar-refractivity contribution is -0.138. The van der Waals surface area contributed by atoms with E-state index in [1.54, 1.807) is 0 Å². The van der Waals surface area contributed by atoms with E-state index in [2.05, 4.69) is 5.32 Å². The Labute approximate surface area is 118 Å². The minimum absolute atomic E-state index is 0.0586. The molecule has 0 aromatic heterocycles. The van der Waals surface area contributed by atoms with Crippen molar-refractivity contribution in [2.24, 2.45) is 0 Å². The molecule has 1 heterocycles. The summed E-state index contributed by atoms with van der Waals surface area (Å²) in [5, 5.41) is 3.15. The van der Waals surface area contributed by atoms with Crippen LogP contribution >= 0.6 is 0 Å². The molecule has 1 aromatic carbocycles. The van der Waals surface area contributed by atoms with E-state index in [-0.39, 0.29) is 17.9 Å². The number of likely N-dealkylation sites (N-methyl/N-ethyl adjacent to an activating group) is 1. The van der Waals surface area contributed by atoms with E-state index in [4.69, 9.17) is 4.74 Å². The summed E-state index contributed by atoms with van der Waals surface area (Å²) in [5.41, 5.74) is 1.03. The van der Waals surface area contributed by atoms with Crippen LogP contribution in [-0.2, 0) is 9.59 Å². The molecule has 1 aromatic rings. The summed E-state index contributed by atoms with van der Waals surface area (Å²) in [6.45, 7) is 2.95. The van der Waals surface area contributed by atoms with Crippen molar-refractivity contribution in [1.82, 2.24) is 10.2 Å². The fourth-order valence-corrected chi connectivity index (χ4v) is 2.34. The standard InChI is InChI=1S/C15H20N2O3/c1-3-20-12-6-4-11(5-7-12)13(16-2)10-17-14(18)8-9-15(17)19/h4-7,13,16H,3,8-10H2,1-2H3. The van der Waals surface area contributed by atoms with Crippen LogP contribution in [0.2, 0.25) is 0 Å². The summed E-state index contributed by atoms with van der Waals surface area (Å²) in [7, 11) is 1.83. The third-order valence-corrected chi connectivity index (χ3v) is 3.46. The molecule has 0 spiro atoms. The van der Waals surface area contributed by atoms with Gasteiger partial charge in [-0.15, -0.1) is 0 Å². The maximum atomic E-state index is 11.7. The molecule has 1 unspecified atom stereocenters. The number of benzene rings is 1. The van der Waals surface area contributed by atoms with E-state index >= 15 is 0 Å². The summed E-state index contributed by atoms with van der Waals surface area (Å²) < 4.78 is 5.40. The summed E-state index contributed by atoms with van der Waals surface area (Å²) >= 11 is 0. The van der Waals surface area contributed by atoms with Crippen LogP contribution in [0, 0.1) is 0 Å². The maximum Gasteiger partial charge on any atom is 0.229 e. The number of imide groups is 1. The molecule has 1 aliphatic heterocycles. The number of hydrogen-bond acceptors (Lipinski definition) is 4. The second-order valence-electron chi connectivity index (χ2n) is 4.74. The van der Waals surface area contributed by atoms with Gasteiger partial charge in [-0.25, -0.2) is 0 Å². The Morgan fingerprint density at radius 2 is 1.80 bits per heavy atom. The topological polar surface area (TPSA) is 58.6 Å². The Bertz CT molecular complexity index is 468. The van der Waals surface area contributed by atoms with Gasteiger partial charge in [0.1, 0.15) is 5.75 Å². The number of rotatable bonds is 6. The van der Waals surface area contributed by atoms with Crippen molar-refractivity contribution in [3.8, 4) is 5.75 Å². The highest BCUT2D eigenvalue weighted by Crippen LogP contribution is 2.21. The van der Waals surface area contributed by atoms with Gasteiger partial charge in [-0.2, -0.15) is 0 Å². The zero-order chi connectivity index (χ0) is 14.5. The fraction of sp³-hybridized carbons (Fsp3) is 0.467. The SMILES string of the molecule is CCOc1ccc(C(CN2C(=O)CCC2=O)NC)cc1. The summed E-state index contributed by atoms with van der Waals surface area (Å²) in [4.78, 5) is 24.7. The van der Waals surface area contributed by atoms with Crippen molar-refractivity contribution in [3.05, 3.63) is 29.8 Å². The molecule has 2 rings (SSSR count). The van der Waals surface area contributed by atoms with Gasteiger partial charge in [0.2, 0.25) is 11.8 Å². The molecule has 5 nitrogen and oxygen atoms in total. The second kappa shape index (κ2) is 6.52. The average molecular weight is 276 g/mol. The monoisotopic (exact) mass is 276 g/mol. The Kier molecular flexibility index (Phi) is 4.74. The largest absolute Gasteiger partial charge is 0.494 e. The molecule has 1 fully saturated rings. The first-order valence-corrected chi connectivity index (χ1v) is 6.89. The van der Waals surface area contributed by atoms with Gasteiger partial charge in [0.15, 0.2) is 0 Å². The molecule has 0 radical (unpaired) electrons. The van der Waals surface area contributed by atoms with E-state index in [0.717, 1.165) is 11.3 Å². The maximum absolute atomic E-state index is 11.7. The van der Waals surface area contributed by atoms with E-state index in [9.17, 15) is 9.59 Å². The Balaban J connectivity index is 2.07. The van der Waals surface area contributed by atoms with Crippen LogP contribution in [0.5, 0.6) is 5.75 Å². The first kappa shape index (κ1) is 14.5. The Hall–Kier alpha value is -1.88. The first-order valence-electron chi connectivity index (χ1n) is 6.89. The molecule has 0 saturated carbocycles. The Morgan fingerprint density at radius 3 is 2.30 bits per heavy atom. The zero-order valence-corrected chi connectivity index (χ0v) is 11.9. The number of carbonyl (C=O) groups is 2. The molecule has 1 saturated heterocycles. The molecule has 1 atom stereocenters. The van der Waals surface area contributed by atoms with Crippen LogP contribution in [0.4, 0.5) is 0 Å². The van der Waals surface area contributed by atoms with E-state index in [0.29, 0.717) is 26.0 Å². The van der Waals surface area contributed by atoms with Crippen molar-refractivity contribution < 1.29 is 14.3 Å². The van der Waals surface area contributed by atoms with Crippen LogP contribution in [0.3, 0.4) is 0 Å². The number of hydrogen-bond donors (Lipinski definition) is 1. The minimum atomic E-state index is -0.0822. The van der Waals surface area contributed by atoms with Crippen LogP contribution in [0.25, 0.3) is 0 Å². The van der Waals surface area contributed by atoms with Crippen LogP contribution in [0.1, 0.15) is 31.4 Å². The van der Waals surface area contributed by atoms with Gasteiger partial charge < -0.3 is 10.1 Å². The van der Waals surface area contributed by atoms with Crippen LogP contribution in [0.15, 0.2) is 24.3 Å². The van der Waals surface area contributed by atoms with Gasteiger partial charge >= 0.3 is 0 Å². The van der Waals surface area contributed by atoms with Crippen molar-refractivity contribution in [3.63, 3.8) is 0 Å². The number of likely N-dealkylation sites (tertiary alicyclic amines) is 1. The summed E-state index contributed by atoms with van der Waals surface area (Å²) in [5.74, 6) is 0.654. The lowest BCUT2D eigenvalue weighted by atomic mass is 10.1.